The van der Waals surface area contributed by atoms with Crippen molar-refractivity contribution in [1.82, 2.24) is 4.98 Å². The lowest BCUT2D eigenvalue weighted by atomic mass is 10.1. The lowest BCUT2D eigenvalue weighted by Crippen LogP contribution is -2.38. The molecule has 8 heteroatoms. The van der Waals surface area contributed by atoms with Crippen molar-refractivity contribution in [2.24, 2.45) is 5.92 Å². The number of hydrogen-bond acceptors (Lipinski definition) is 7. The number of aliphatic hydroxyl groups excluding tert-OH is 1. The third kappa shape index (κ3) is 4.28. The molecule has 0 saturated heterocycles. The minimum absolute atomic E-state index is 0.0232. The third-order valence-corrected chi connectivity index (χ3v) is 5.06. The van der Waals surface area contributed by atoms with Crippen molar-refractivity contribution in [2.75, 3.05) is 25.3 Å². The fourth-order valence-corrected chi connectivity index (χ4v) is 3.27. The van der Waals surface area contributed by atoms with Crippen LogP contribution >= 0.6 is 0 Å². The van der Waals surface area contributed by atoms with Crippen molar-refractivity contribution in [3.05, 3.63) is 36.0 Å². The van der Waals surface area contributed by atoms with Gasteiger partial charge in [-0.1, -0.05) is 0 Å². The predicted molar refractivity (Wildman–Crippen MR) is 110 cm³/mol. The van der Waals surface area contributed by atoms with Gasteiger partial charge in [0, 0.05) is 18.3 Å². The van der Waals surface area contributed by atoms with E-state index in [4.69, 9.17) is 18.9 Å². The van der Waals surface area contributed by atoms with Crippen LogP contribution in [0.15, 0.2) is 30.5 Å². The average Bonchev–Trinajstić information content (AvgIpc) is 3.57. The molecule has 8 nitrogen and oxygen atoms in total. The summed E-state index contributed by atoms with van der Waals surface area (Å²) in [6.45, 7) is 4.08. The number of pyridine rings is 1. The maximum Gasteiger partial charge on any atom is 0.266 e. The molecule has 1 amide bonds. The Bertz CT molecular complexity index is 928. The second-order valence-electron chi connectivity index (χ2n) is 7.74. The van der Waals surface area contributed by atoms with Gasteiger partial charge in [-0.3, -0.25) is 9.69 Å². The minimum atomic E-state index is -0.472. The fraction of sp³-hybridized carbons (Fsp3) is 0.455. The molecule has 1 N–H and O–H groups in total. The summed E-state index contributed by atoms with van der Waals surface area (Å²) in [4.78, 5) is 18.7. The van der Waals surface area contributed by atoms with Gasteiger partial charge >= 0.3 is 0 Å². The lowest BCUT2D eigenvalue weighted by molar-refractivity contribution is 0.0879. The number of amides is 1. The van der Waals surface area contributed by atoms with E-state index >= 15 is 0 Å². The van der Waals surface area contributed by atoms with E-state index in [1.807, 2.05) is 13.8 Å². The number of methoxy groups -OCH3 is 1. The normalized spacial score (nSPS) is 16.7. The van der Waals surface area contributed by atoms with Gasteiger partial charge in [0.2, 0.25) is 5.88 Å². The number of ether oxygens (including phenoxy) is 4. The van der Waals surface area contributed by atoms with Gasteiger partial charge in [0.05, 0.1) is 25.0 Å². The summed E-state index contributed by atoms with van der Waals surface area (Å²) >= 11 is 0. The molecule has 1 aromatic heterocycles. The highest BCUT2D eigenvalue weighted by atomic mass is 16.5. The lowest BCUT2D eigenvalue weighted by Gasteiger charge is -2.29. The Kier molecular flexibility index (Phi) is 5.67. The SMILES string of the molecule is COc1cc(N2COc3cc(OC(C)C)ncc3C2=O)ccc1OC[C@H](O)C1CC1. The van der Waals surface area contributed by atoms with Crippen molar-refractivity contribution < 1.29 is 28.8 Å². The number of hydrogen-bond donors (Lipinski definition) is 1. The summed E-state index contributed by atoms with van der Waals surface area (Å²) in [5.41, 5.74) is 0.976. The van der Waals surface area contributed by atoms with Crippen LogP contribution in [0.4, 0.5) is 5.69 Å². The number of carbonyl (C=O) groups excluding carboxylic acids is 1. The van der Waals surface area contributed by atoms with Gasteiger partial charge in [-0.25, -0.2) is 4.98 Å². The molecule has 2 aromatic rings. The molecule has 2 heterocycles. The van der Waals surface area contributed by atoms with Crippen molar-refractivity contribution in [1.29, 1.82) is 0 Å². The van der Waals surface area contributed by atoms with Crippen LogP contribution in [-0.4, -0.2) is 48.7 Å². The number of aromatic nitrogens is 1. The van der Waals surface area contributed by atoms with E-state index in [2.05, 4.69) is 4.98 Å². The van der Waals surface area contributed by atoms with Gasteiger partial charge in [-0.2, -0.15) is 0 Å². The van der Waals surface area contributed by atoms with Gasteiger partial charge in [0.15, 0.2) is 18.2 Å². The molecule has 30 heavy (non-hydrogen) atoms. The Hall–Kier alpha value is -3.00. The topological polar surface area (TPSA) is 90.4 Å². The molecular formula is C22H26N2O6. The number of rotatable bonds is 8. The Morgan fingerprint density at radius 1 is 1.27 bits per heavy atom. The molecule has 0 bridgehead atoms. The van der Waals surface area contributed by atoms with E-state index in [0.717, 1.165) is 12.8 Å². The van der Waals surface area contributed by atoms with Crippen LogP contribution in [0.25, 0.3) is 0 Å². The van der Waals surface area contributed by atoms with Gasteiger partial charge in [0.1, 0.15) is 17.9 Å². The summed E-state index contributed by atoms with van der Waals surface area (Å²) in [5, 5.41) is 10.0. The summed E-state index contributed by atoms with van der Waals surface area (Å²) < 4.78 is 22.5. The Morgan fingerprint density at radius 3 is 2.77 bits per heavy atom. The van der Waals surface area contributed by atoms with Crippen LogP contribution in [-0.2, 0) is 0 Å². The molecule has 0 spiro atoms. The Labute approximate surface area is 175 Å². The van der Waals surface area contributed by atoms with E-state index in [1.54, 1.807) is 24.3 Å². The maximum absolute atomic E-state index is 13.0. The molecule has 0 unspecified atom stereocenters. The Balaban J connectivity index is 1.50. The van der Waals surface area contributed by atoms with Gasteiger partial charge < -0.3 is 24.1 Å². The van der Waals surface area contributed by atoms with Crippen LogP contribution in [0.1, 0.15) is 37.0 Å². The van der Waals surface area contributed by atoms with E-state index in [-0.39, 0.29) is 25.3 Å². The van der Waals surface area contributed by atoms with E-state index in [0.29, 0.717) is 40.3 Å². The number of aliphatic hydroxyl groups is 1. The van der Waals surface area contributed by atoms with Crippen LogP contribution in [0.2, 0.25) is 0 Å². The largest absolute Gasteiger partial charge is 0.493 e. The first-order valence-electron chi connectivity index (χ1n) is 10.1. The molecule has 160 valence electrons. The monoisotopic (exact) mass is 414 g/mol. The quantitative estimate of drug-likeness (QED) is 0.710. The number of benzene rings is 1. The second kappa shape index (κ2) is 8.39. The van der Waals surface area contributed by atoms with Gasteiger partial charge in [-0.05, 0) is 44.7 Å². The van der Waals surface area contributed by atoms with Gasteiger partial charge in [-0.15, -0.1) is 0 Å². The van der Waals surface area contributed by atoms with E-state index in [9.17, 15) is 9.90 Å². The first kappa shape index (κ1) is 20.3. The predicted octanol–water partition coefficient (Wildman–Crippen LogP) is 3.02. The highest BCUT2D eigenvalue weighted by molar-refractivity contribution is 6.08. The molecule has 1 atom stereocenters. The maximum atomic E-state index is 13.0. The summed E-state index contributed by atoms with van der Waals surface area (Å²) in [7, 11) is 1.54. The van der Waals surface area contributed by atoms with Gasteiger partial charge in [0.25, 0.3) is 5.91 Å². The molecule has 1 saturated carbocycles. The zero-order valence-corrected chi connectivity index (χ0v) is 17.3. The smallest absolute Gasteiger partial charge is 0.266 e. The van der Waals surface area contributed by atoms with Crippen LogP contribution in [0.5, 0.6) is 23.1 Å². The molecule has 1 fully saturated rings. The molecule has 4 rings (SSSR count). The third-order valence-electron chi connectivity index (χ3n) is 5.06. The number of carbonyl (C=O) groups is 1. The van der Waals surface area contributed by atoms with Crippen LogP contribution < -0.4 is 23.8 Å². The van der Waals surface area contributed by atoms with Crippen LogP contribution in [0.3, 0.4) is 0 Å². The molecule has 1 aliphatic heterocycles. The van der Waals surface area contributed by atoms with E-state index < -0.39 is 6.10 Å². The number of fused-ring (bicyclic) bond motifs is 1. The standard InChI is InChI=1S/C22H26N2O6/c1-13(2)30-21-9-19-16(10-23-21)22(26)24(12-29-19)15-6-7-18(20(8-15)27-3)28-11-17(25)14-4-5-14/h6-10,13-14,17,25H,4-5,11-12H2,1-3H3/t17-/m0/s1. The second-order valence-corrected chi connectivity index (χ2v) is 7.74. The van der Waals surface area contributed by atoms with Crippen molar-refractivity contribution >= 4 is 11.6 Å². The van der Waals surface area contributed by atoms with Crippen molar-refractivity contribution in [3.63, 3.8) is 0 Å². The van der Waals surface area contributed by atoms with Crippen LogP contribution in [0, 0.1) is 5.92 Å². The summed E-state index contributed by atoms with van der Waals surface area (Å²) in [5.74, 6) is 1.97. The zero-order valence-electron chi connectivity index (χ0n) is 17.3. The highest BCUT2D eigenvalue weighted by Gasteiger charge is 2.31. The number of anilines is 1. The van der Waals surface area contributed by atoms with E-state index in [1.165, 1.54) is 18.2 Å². The molecule has 1 aliphatic carbocycles. The summed E-state index contributed by atoms with van der Waals surface area (Å²) in [6, 6.07) is 6.84. The molecule has 2 aliphatic rings. The molecular weight excluding hydrogens is 388 g/mol. The summed E-state index contributed by atoms with van der Waals surface area (Å²) in [6.07, 6.45) is 3.05. The van der Waals surface area contributed by atoms with Crippen molar-refractivity contribution in [3.8, 4) is 23.1 Å². The minimum Gasteiger partial charge on any atom is -0.493 e. The zero-order chi connectivity index (χ0) is 21.3. The molecule has 0 radical (unpaired) electrons. The number of nitrogens with zero attached hydrogens (tertiary/aromatic N) is 2. The Morgan fingerprint density at radius 2 is 2.07 bits per heavy atom. The first-order chi connectivity index (χ1) is 14.5. The van der Waals surface area contributed by atoms with Crippen molar-refractivity contribution in [2.45, 2.75) is 38.9 Å². The first-order valence-corrected chi connectivity index (χ1v) is 10.1. The molecule has 1 aromatic carbocycles. The highest BCUT2D eigenvalue weighted by Crippen LogP contribution is 2.37. The fourth-order valence-electron chi connectivity index (χ4n) is 3.27. The average molecular weight is 414 g/mol.